The van der Waals surface area contributed by atoms with Crippen molar-refractivity contribution in [2.45, 2.75) is 38.8 Å². The van der Waals surface area contributed by atoms with Crippen LogP contribution in [0.3, 0.4) is 0 Å². The zero-order valence-corrected chi connectivity index (χ0v) is 11.0. The van der Waals surface area contributed by atoms with Crippen molar-refractivity contribution < 1.29 is 0 Å². The van der Waals surface area contributed by atoms with E-state index in [2.05, 4.69) is 41.2 Å². The third-order valence-electron chi connectivity index (χ3n) is 3.07. The van der Waals surface area contributed by atoms with E-state index in [4.69, 9.17) is 0 Å². The first-order chi connectivity index (χ1) is 8.15. The van der Waals surface area contributed by atoms with Crippen LogP contribution in [0.25, 0.3) is 0 Å². The molecule has 1 aromatic heterocycles. The molecule has 0 aromatic carbocycles. The molecule has 0 aliphatic heterocycles. The zero-order chi connectivity index (χ0) is 12.3. The molecule has 1 aliphatic rings. The second kappa shape index (κ2) is 5.56. The van der Waals surface area contributed by atoms with Crippen molar-refractivity contribution in [2.24, 2.45) is 0 Å². The van der Waals surface area contributed by atoms with Gasteiger partial charge in [0.2, 0.25) is 0 Å². The molecule has 0 spiro atoms. The van der Waals surface area contributed by atoms with E-state index >= 15 is 0 Å². The molecule has 17 heavy (non-hydrogen) atoms. The largest absolute Gasteiger partial charge is 0.310 e. The van der Waals surface area contributed by atoms with Gasteiger partial charge < -0.3 is 10.2 Å². The highest BCUT2D eigenvalue weighted by molar-refractivity contribution is 5.16. The summed E-state index contributed by atoms with van der Waals surface area (Å²) in [5.74, 6) is 0.950. The van der Waals surface area contributed by atoms with Crippen LogP contribution in [0.5, 0.6) is 0 Å². The van der Waals surface area contributed by atoms with E-state index in [0.717, 1.165) is 37.1 Å². The molecule has 0 bridgehead atoms. The Hall–Kier alpha value is -1.00. The average Bonchev–Trinajstić information content (AvgIpc) is 3.09. The van der Waals surface area contributed by atoms with E-state index < -0.39 is 0 Å². The van der Waals surface area contributed by atoms with Crippen LogP contribution in [0, 0.1) is 6.92 Å². The number of nitrogens with one attached hydrogen (secondary N) is 1. The molecule has 0 unspecified atom stereocenters. The predicted octanol–water partition coefficient (Wildman–Crippen LogP) is 1.14. The van der Waals surface area contributed by atoms with Crippen molar-refractivity contribution in [2.75, 3.05) is 20.6 Å². The van der Waals surface area contributed by atoms with Crippen LogP contribution >= 0.6 is 0 Å². The summed E-state index contributed by atoms with van der Waals surface area (Å²) in [7, 11) is 4.14. The van der Waals surface area contributed by atoms with Gasteiger partial charge in [-0.05, 0) is 33.9 Å². The summed E-state index contributed by atoms with van der Waals surface area (Å²) in [5, 5.41) is 3.50. The minimum atomic E-state index is 0.739. The molecule has 1 fully saturated rings. The Kier molecular flexibility index (Phi) is 4.07. The van der Waals surface area contributed by atoms with Gasteiger partial charge in [0.05, 0.1) is 0 Å². The maximum atomic E-state index is 4.57. The van der Waals surface area contributed by atoms with Gasteiger partial charge in [0.25, 0.3) is 0 Å². The predicted molar refractivity (Wildman–Crippen MR) is 68.9 cm³/mol. The number of aryl methyl sites for hydroxylation is 1. The highest BCUT2D eigenvalue weighted by Crippen LogP contribution is 2.19. The normalized spacial score (nSPS) is 15.5. The fourth-order valence-electron chi connectivity index (χ4n) is 1.70. The van der Waals surface area contributed by atoms with Gasteiger partial charge in [-0.3, -0.25) is 0 Å². The molecule has 94 valence electrons. The third kappa shape index (κ3) is 4.06. The zero-order valence-electron chi connectivity index (χ0n) is 11.0. The van der Waals surface area contributed by atoms with Crippen molar-refractivity contribution in [3.8, 4) is 0 Å². The second-order valence-electron chi connectivity index (χ2n) is 5.11. The molecule has 1 N–H and O–H groups in total. The number of likely N-dealkylation sites (N-methyl/N-ethyl adjacent to an activating group) is 1. The Morgan fingerprint density at radius 1 is 1.41 bits per heavy atom. The Balaban J connectivity index is 1.90. The molecule has 1 aliphatic carbocycles. The van der Waals surface area contributed by atoms with Crippen molar-refractivity contribution in [1.29, 1.82) is 0 Å². The van der Waals surface area contributed by atoms with Crippen LogP contribution in [0.4, 0.5) is 0 Å². The topological polar surface area (TPSA) is 41.1 Å². The van der Waals surface area contributed by atoms with Crippen LogP contribution in [0.15, 0.2) is 6.20 Å². The first-order valence-corrected chi connectivity index (χ1v) is 6.34. The lowest BCUT2D eigenvalue weighted by molar-refractivity contribution is 0.409. The summed E-state index contributed by atoms with van der Waals surface area (Å²) < 4.78 is 0. The van der Waals surface area contributed by atoms with E-state index in [0.29, 0.717) is 0 Å². The summed E-state index contributed by atoms with van der Waals surface area (Å²) in [4.78, 5) is 11.2. The number of nitrogens with zero attached hydrogens (tertiary/aromatic N) is 3. The first-order valence-electron chi connectivity index (χ1n) is 6.34. The number of rotatable bonds is 6. The standard InChI is InChI=1S/C13H22N4/c1-10-11(8-14-12-4-5-12)9-15-13(16-10)6-7-17(2)3/h9,12,14H,4-8H2,1-3H3. The fourth-order valence-corrected chi connectivity index (χ4v) is 1.70. The van der Waals surface area contributed by atoms with Gasteiger partial charge in [0, 0.05) is 43.0 Å². The molecule has 0 radical (unpaired) electrons. The highest BCUT2D eigenvalue weighted by Gasteiger charge is 2.20. The van der Waals surface area contributed by atoms with Gasteiger partial charge >= 0.3 is 0 Å². The summed E-state index contributed by atoms with van der Waals surface area (Å²) in [6, 6.07) is 0.739. The summed E-state index contributed by atoms with van der Waals surface area (Å²) in [6.45, 7) is 3.98. The molecule has 0 atom stereocenters. The maximum absolute atomic E-state index is 4.57. The molecule has 1 heterocycles. The van der Waals surface area contributed by atoms with E-state index in [1.165, 1.54) is 18.4 Å². The van der Waals surface area contributed by atoms with Crippen molar-refractivity contribution in [1.82, 2.24) is 20.2 Å². The van der Waals surface area contributed by atoms with Gasteiger partial charge in [-0.2, -0.15) is 0 Å². The lowest BCUT2D eigenvalue weighted by Gasteiger charge is -2.10. The number of aromatic nitrogens is 2. The van der Waals surface area contributed by atoms with Crippen molar-refractivity contribution >= 4 is 0 Å². The first kappa shape index (κ1) is 12.5. The molecular weight excluding hydrogens is 212 g/mol. The van der Waals surface area contributed by atoms with Gasteiger partial charge in [0.1, 0.15) is 5.82 Å². The molecule has 0 amide bonds. The van der Waals surface area contributed by atoms with Gasteiger partial charge in [-0.25, -0.2) is 9.97 Å². The maximum Gasteiger partial charge on any atom is 0.129 e. The molecule has 1 saturated carbocycles. The van der Waals surface area contributed by atoms with Crippen molar-refractivity contribution in [3.63, 3.8) is 0 Å². The Morgan fingerprint density at radius 2 is 2.18 bits per heavy atom. The molecule has 2 rings (SSSR count). The van der Waals surface area contributed by atoms with Crippen LogP contribution in [-0.2, 0) is 13.0 Å². The molecule has 4 nitrogen and oxygen atoms in total. The number of hydrogen-bond acceptors (Lipinski definition) is 4. The van der Waals surface area contributed by atoms with E-state index in [-0.39, 0.29) is 0 Å². The van der Waals surface area contributed by atoms with Crippen molar-refractivity contribution in [3.05, 3.63) is 23.3 Å². The van der Waals surface area contributed by atoms with E-state index in [1.807, 2.05) is 6.20 Å². The average molecular weight is 234 g/mol. The van der Waals surface area contributed by atoms with Crippen LogP contribution in [-0.4, -0.2) is 41.5 Å². The van der Waals surface area contributed by atoms with Gasteiger partial charge in [-0.15, -0.1) is 0 Å². The monoisotopic (exact) mass is 234 g/mol. The summed E-state index contributed by atoms with van der Waals surface area (Å²) in [5.41, 5.74) is 2.34. The lowest BCUT2D eigenvalue weighted by Crippen LogP contribution is -2.19. The Bertz CT molecular complexity index is 372. The SMILES string of the molecule is Cc1nc(CCN(C)C)ncc1CNC1CC1. The number of hydrogen-bond donors (Lipinski definition) is 1. The Morgan fingerprint density at radius 3 is 2.76 bits per heavy atom. The highest BCUT2D eigenvalue weighted by atomic mass is 15.1. The molecule has 1 aromatic rings. The molecule has 4 heteroatoms. The van der Waals surface area contributed by atoms with Crippen LogP contribution < -0.4 is 5.32 Å². The smallest absolute Gasteiger partial charge is 0.129 e. The van der Waals surface area contributed by atoms with E-state index in [1.54, 1.807) is 0 Å². The molecule has 0 saturated heterocycles. The third-order valence-corrected chi connectivity index (χ3v) is 3.07. The Labute approximate surface area is 103 Å². The van der Waals surface area contributed by atoms with E-state index in [9.17, 15) is 0 Å². The van der Waals surface area contributed by atoms with Crippen LogP contribution in [0.1, 0.15) is 29.9 Å². The molecular formula is C13H22N4. The summed E-state index contributed by atoms with van der Waals surface area (Å²) in [6.07, 6.45) is 5.54. The minimum Gasteiger partial charge on any atom is -0.310 e. The fraction of sp³-hybridized carbons (Fsp3) is 0.692. The van der Waals surface area contributed by atoms with Gasteiger partial charge in [0.15, 0.2) is 0 Å². The lowest BCUT2D eigenvalue weighted by atomic mass is 10.2. The quantitative estimate of drug-likeness (QED) is 0.801. The minimum absolute atomic E-state index is 0.739. The summed E-state index contributed by atoms with van der Waals surface area (Å²) >= 11 is 0. The van der Waals surface area contributed by atoms with Crippen LogP contribution in [0.2, 0.25) is 0 Å². The van der Waals surface area contributed by atoms with Gasteiger partial charge in [-0.1, -0.05) is 0 Å². The second-order valence-corrected chi connectivity index (χ2v) is 5.11.